The van der Waals surface area contributed by atoms with Crippen molar-refractivity contribution < 1.29 is 14.3 Å². The predicted octanol–water partition coefficient (Wildman–Crippen LogP) is 3.91. The van der Waals surface area contributed by atoms with Crippen LogP contribution in [-0.4, -0.2) is 59.1 Å². The number of nitrogens with one attached hydrogen (secondary N) is 1. The Bertz CT molecular complexity index is 779. The molecule has 146 valence electrons. The molecule has 3 rings (SSSR count). The molecule has 0 bridgehead atoms. The second kappa shape index (κ2) is 8.41. The van der Waals surface area contributed by atoms with E-state index >= 15 is 0 Å². The Labute approximate surface area is 167 Å². The van der Waals surface area contributed by atoms with Crippen molar-refractivity contribution >= 4 is 34.7 Å². The summed E-state index contributed by atoms with van der Waals surface area (Å²) >= 11 is 7.60. The molecule has 1 aliphatic heterocycles. The van der Waals surface area contributed by atoms with Gasteiger partial charge in [0.05, 0.1) is 29.8 Å². The number of hydrogen-bond donors (Lipinski definition) is 1. The topological polar surface area (TPSA) is 76.6 Å². The van der Waals surface area contributed by atoms with Crippen LogP contribution in [0.3, 0.4) is 0 Å². The zero-order valence-corrected chi connectivity index (χ0v) is 17.1. The van der Waals surface area contributed by atoms with Crippen molar-refractivity contribution in [3.63, 3.8) is 0 Å². The molecule has 7 nitrogen and oxygen atoms in total. The van der Waals surface area contributed by atoms with E-state index < -0.39 is 5.60 Å². The molecule has 2 aromatic heterocycles. The Balaban J connectivity index is 1.63. The molecule has 1 fully saturated rings. The molecule has 1 unspecified atom stereocenters. The van der Waals surface area contributed by atoms with Gasteiger partial charge in [-0.25, -0.2) is 4.79 Å². The number of halogens is 1. The molecule has 0 radical (unpaired) electrons. The van der Waals surface area contributed by atoms with Crippen LogP contribution >= 0.6 is 22.9 Å². The molecule has 1 saturated heterocycles. The van der Waals surface area contributed by atoms with E-state index in [1.54, 1.807) is 22.3 Å². The van der Waals surface area contributed by atoms with Crippen molar-refractivity contribution in [2.45, 2.75) is 32.5 Å². The zero-order chi connectivity index (χ0) is 19.4. The summed E-state index contributed by atoms with van der Waals surface area (Å²) in [6, 6.07) is 5.69. The molecular formula is C18H23ClN4O3S. The lowest BCUT2D eigenvalue weighted by Gasteiger charge is -2.34. The van der Waals surface area contributed by atoms with E-state index in [1.807, 2.05) is 38.3 Å². The number of carbonyl (C=O) groups is 1. The minimum absolute atomic E-state index is 0.158. The number of morpholine rings is 1. The average molecular weight is 411 g/mol. The summed E-state index contributed by atoms with van der Waals surface area (Å²) in [5.41, 5.74) is 1.02. The molecule has 1 amide bonds. The van der Waals surface area contributed by atoms with Crippen LogP contribution in [-0.2, 0) is 9.47 Å². The fourth-order valence-corrected chi connectivity index (χ4v) is 3.53. The maximum absolute atomic E-state index is 12.3. The lowest BCUT2D eigenvalue weighted by Crippen LogP contribution is -2.49. The Morgan fingerprint density at radius 2 is 2.30 bits per heavy atom. The highest BCUT2D eigenvalue weighted by molar-refractivity contribution is 7.13. The first-order chi connectivity index (χ1) is 12.8. The molecule has 2 aromatic rings. The van der Waals surface area contributed by atoms with Gasteiger partial charge in [0, 0.05) is 19.2 Å². The van der Waals surface area contributed by atoms with Crippen molar-refractivity contribution in [2.24, 2.45) is 0 Å². The first-order valence-electron chi connectivity index (χ1n) is 8.72. The fraction of sp³-hybridized carbons (Fsp3) is 0.500. The number of nitrogens with zero attached hydrogens (tertiary/aromatic N) is 3. The summed E-state index contributed by atoms with van der Waals surface area (Å²) in [5, 5.41) is 13.8. The Hall–Kier alpha value is -1.90. The highest BCUT2D eigenvalue weighted by atomic mass is 35.5. The van der Waals surface area contributed by atoms with Crippen molar-refractivity contribution in [1.29, 1.82) is 0 Å². The summed E-state index contributed by atoms with van der Waals surface area (Å²) in [5.74, 6) is 0. The third kappa shape index (κ3) is 5.54. The molecule has 1 aliphatic rings. The van der Waals surface area contributed by atoms with Crippen LogP contribution in [0, 0.1) is 0 Å². The zero-order valence-electron chi connectivity index (χ0n) is 15.6. The summed E-state index contributed by atoms with van der Waals surface area (Å²) in [6.45, 7) is 7.54. The number of carbonyl (C=O) groups excluding carboxylic acids is 1. The SMILES string of the molecule is CC(C)(C)OC(=O)N1CCOC(CNc2cc(Cl)nnc2-c2cccs2)C1. The van der Waals surface area contributed by atoms with Gasteiger partial charge in [0.1, 0.15) is 11.3 Å². The molecule has 1 N–H and O–H groups in total. The first kappa shape index (κ1) is 19.9. The van der Waals surface area contributed by atoms with Gasteiger partial charge >= 0.3 is 6.09 Å². The first-order valence-corrected chi connectivity index (χ1v) is 9.98. The Morgan fingerprint density at radius 1 is 1.48 bits per heavy atom. The Kier molecular flexibility index (Phi) is 6.18. The van der Waals surface area contributed by atoms with Crippen LogP contribution in [0.4, 0.5) is 10.5 Å². The van der Waals surface area contributed by atoms with Gasteiger partial charge in [0.25, 0.3) is 0 Å². The number of aromatic nitrogens is 2. The molecule has 3 heterocycles. The van der Waals surface area contributed by atoms with Crippen LogP contribution in [0.1, 0.15) is 20.8 Å². The van der Waals surface area contributed by atoms with Crippen LogP contribution in [0.25, 0.3) is 10.6 Å². The lowest BCUT2D eigenvalue weighted by atomic mass is 10.2. The minimum atomic E-state index is -0.516. The third-order valence-electron chi connectivity index (χ3n) is 3.83. The van der Waals surface area contributed by atoms with E-state index in [2.05, 4.69) is 15.5 Å². The number of hydrogen-bond acceptors (Lipinski definition) is 7. The highest BCUT2D eigenvalue weighted by Gasteiger charge is 2.28. The second-order valence-corrected chi connectivity index (χ2v) is 8.54. The smallest absolute Gasteiger partial charge is 0.410 e. The lowest BCUT2D eigenvalue weighted by molar-refractivity contribution is -0.0371. The highest BCUT2D eigenvalue weighted by Crippen LogP contribution is 2.30. The van der Waals surface area contributed by atoms with Crippen LogP contribution in [0.2, 0.25) is 5.15 Å². The largest absolute Gasteiger partial charge is 0.444 e. The van der Waals surface area contributed by atoms with E-state index in [-0.39, 0.29) is 12.2 Å². The Morgan fingerprint density at radius 3 is 3.00 bits per heavy atom. The molecule has 0 aliphatic carbocycles. The number of anilines is 1. The minimum Gasteiger partial charge on any atom is -0.444 e. The van der Waals surface area contributed by atoms with Gasteiger partial charge in [-0.1, -0.05) is 17.7 Å². The van der Waals surface area contributed by atoms with Crippen molar-refractivity contribution in [3.05, 3.63) is 28.7 Å². The maximum atomic E-state index is 12.3. The molecular weight excluding hydrogens is 388 g/mol. The van der Waals surface area contributed by atoms with Gasteiger partial charge < -0.3 is 19.7 Å². The van der Waals surface area contributed by atoms with Gasteiger partial charge in [-0.2, -0.15) is 0 Å². The summed E-state index contributed by atoms with van der Waals surface area (Å²) in [7, 11) is 0. The molecule has 0 aromatic carbocycles. The van der Waals surface area contributed by atoms with Gasteiger partial charge in [-0.05, 0) is 32.2 Å². The van der Waals surface area contributed by atoms with E-state index in [0.717, 1.165) is 16.3 Å². The molecule has 9 heteroatoms. The summed E-state index contributed by atoms with van der Waals surface area (Å²) in [4.78, 5) is 15.0. The summed E-state index contributed by atoms with van der Waals surface area (Å²) in [6.07, 6.45) is -0.474. The maximum Gasteiger partial charge on any atom is 0.410 e. The second-order valence-electron chi connectivity index (χ2n) is 7.21. The summed E-state index contributed by atoms with van der Waals surface area (Å²) < 4.78 is 11.2. The number of amides is 1. The normalized spacial score (nSPS) is 17.6. The molecule has 0 saturated carbocycles. The quantitative estimate of drug-likeness (QED) is 0.823. The van der Waals surface area contributed by atoms with E-state index in [0.29, 0.717) is 31.4 Å². The van der Waals surface area contributed by atoms with Gasteiger partial charge in [0.2, 0.25) is 0 Å². The van der Waals surface area contributed by atoms with Crippen molar-refractivity contribution in [3.8, 4) is 10.6 Å². The third-order valence-corrected chi connectivity index (χ3v) is 4.89. The van der Waals surface area contributed by atoms with E-state index in [1.165, 1.54) is 0 Å². The van der Waals surface area contributed by atoms with Gasteiger partial charge in [-0.3, -0.25) is 0 Å². The van der Waals surface area contributed by atoms with Crippen molar-refractivity contribution in [1.82, 2.24) is 15.1 Å². The standard InChI is InChI=1S/C18H23ClN4O3S/c1-18(2,3)26-17(24)23-6-7-25-12(11-23)10-20-13-9-15(19)21-22-16(13)14-5-4-8-27-14/h4-5,8-9,12H,6-7,10-11H2,1-3H3,(H,20,21). The molecule has 27 heavy (non-hydrogen) atoms. The molecule has 1 atom stereocenters. The number of thiophene rings is 1. The van der Waals surface area contributed by atoms with Crippen LogP contribution in [0.15, 0.2) is 23.6 Å². The predicted molar refractivity (Wildman–Crippen MR) is 106 cm³/mol. The number of ether oxygens (including phenoxy) is 2. The van der Waals surface area contributed by atoms with Gasteiger partial charge in [0.15, 0.2) is 5.15 Å². The van der Waals surface area contributed by atoms with Gasteiger partial charge in [-0.15, -0.1) is 21.5 Å². The fourth-order valence-electron chi connectivity index (χ4n) is 2.66. The average Bonchev–Trinajstić information content (AvgIpc) is 3.13. The van der Waals surface area contributed by atoms with Crippen molar-refractivity contribution in [2.75, 3.05) is 31.6 Å². The number of rotatable bonds is 4. The van der Waals surface area contributed by atoms with E-state index in [9.17, 15) is 4.79 Å². The van der Waals surface area contributed by atoms with E-state index in [4.69, 9.17) is 21.1 Å². The molecule has 0 spiro atoms. The van der Waals surface area contributed by atoms with Crippen LogP contribution in [0.5, 0.6) is 0 Å². The monoisotopic (exact) mass is 410 g/mol. The van der Waals surface area contributed by atoms with Crippen LogP contribution < -0.4 is 5.32 Å².